The van der Waals surface area contributed by atoms with Gasteiger partial charge < -0.3 is 10.0 Å². The summed E-state index contributed by atoms with van der Waals surface area (Å²) in [6, 6.07) is 5.12. The Morgan fingerprint density at radius 2 is 2.12 bits per heavy atom. The first-order chi connectivity index (χ1) is 8.08. The van der Waals surface area contributed by atoms with E-state index in [0.717, 1.165) is 18.5 Å². The summed E-state index contributed by atoms with van der Waals surface area (Å²) in [6.45, 7) is 5.32. The van der Waals surface area contributed by atoms with Crippen molar-refractivity contribution in [2.45, 2.75) is 20.3 Å². The predicted molar refractivity (Wildman–Crippen MR) is 67.1 cm³/mol. The molecular weight excluding hydrogens is 214 g/mol. The molecule has 0 bridgehead atoms. The minimum atomic E-state index is -0.0846. The topological polar surface area (TPSA) is 40.5 Å². The molecule has 0 atom stereocenters. The molecule has 0 fully saturated rings. The quantitative estimate of drug-likeness (QED) is 0.754. The van der Waals surface area contributed by atoms with E-state index in [1.807, 2.05) is 13.8 Å². The number of hydrogen-bond donors (Lipinski definition) is 1. The number of nitrogens with zero attached hydrogens (tertiary/aromatic N) is 1. The second kappa shape index (κ2) is 4.62. The lowest BCUT2D eigenvalue weighted by Crippen LogP contribution is -2.35. The average molecular weight is 231 g/mol. The maximum Gasteiger partial charge on any atom is 0.257 e. The second-order valence-electron chi connectivity index (χ2n) is 4.59. The molecule has 17 heavy (non-hydrogen) atoms. The first-order valence-corrected chi connectivity index (χ1v) is 5.82. The molecule has 1 amide bonds. The van der Waals surface area contributed by atoms with Crippen molar-refractivity contribution in [2.75, 3.05) is 13.1 Å². The molecule has 3 nitrogen and oxygen atoms in total. The highest BCUT2D eigenvalue weighted by molar-refractivity contribution is 5.97. The van der Waals surface area contributed by atoms with Crippen LogP contribution >= 0.6 is 0 Å². The van der Waals surface area contributed by atoms with E-state index >= 15 is 0 Å². The number of phenols is 1. The average Bonchev–Trinajstić information content (AvgIpc) is 2.31. The normalized spacial score (nSPS) is 15.6. The lowest BCUT2D eigenvalue weighted by Gasteiger charge is -2.26. The van der Waals surface area contributed by atoms with E-state index in [1.54, 1.807) is 23.1 Å². The largest absolute Gasteiger partial charge is 0.507 e. The summed E-state index contributed by atoms with van der Waals surface area (Å²) >= 11 is 0. The summed E-state index contributed by atoms with van der Waals surface area (Å²) in [4.78, 5) is 14.0. The molecule has 0 aromatic heterocycles. The van der Waals surface area contributed by atoms with Gasteiger partial charge in [0.2, 0.25) is 0 Å². The Morgan fingerprint density at radius 1 is 1.35 bits per heavy atom. The molecule has 0 spiro atoms. The zero-order chi connectivity index (χ0) is 12.4. The smallest absolute Gasteiger partial charge is 0.257 e. The van der Waals surface area contributed by atoms with Gasteiger partial charge in [0.15, 0.2) is 0 Å². The summed E-state index contributed by atoms with van der Waals surface area (Å²) in [7, 11) is 0. The van der Waals surface area contributed by atoms with E-state index < -0.39 is 0 Å². The van der Waals surface area contributed by atoms with Gasteiger partial charge in [-0.3, -0.25) is 4.79 Å². The van der Waals surface area contributed by atoms with Gasteiger partial charge in [-0.1, -0.05) is 23.3 Å². The first-order valence-electron chi connectivity index (χ1n) is 5.82. The number of hydrogen-bond acceptors (Lipinski definition) is 2. The number of rotatable bonds is 1. The van der Waals surface area contributed by atoms with E-state index in [4.69, 9.17) is 0 Å². The van der Waals surface area contributed by atoms with Crippen LogP contribution in [0.15, 0.2) is 29.8 Å². The standard InChI is InChI=1S/C14H17NO2/c1-10-5-6-13(16)12(8-10)14(17)15-7-3-4-11(2)9-15/h4-6,8,16H,3,7,9H2,1-2H3. The van der Waals surface area contributed by atoms with Crippen LogP contribution in [0, 0.1) is 6.92 Å². The molecule has 0 saturated carbocycles. The monoisotopic (exact) mass is 231 g/mol. The molecule has 1 N–H and O–H groups in total. The van der Waals surface area contributed by atoms with Crippen molar-refractivity contribution >= 4 is 5.91 Å². The number of carbonyl (C=O) groups is 1. The number of benzene rings is 1. The zero-order valence-electron chi connectivity index (χ0n) is 10.2. The van der Waals surface area contributed by atoms with Gasteiger partial charge in [0, 0.05) is 13.1 Å². The Bertz CT molecular complexity index is 477. The summed E-state index contributed by atoms with van der Waals surface area (Å²) in [6.07, 6.45) is 3.05. The van der Waals surface area contributed by atoms with E-state index in [1.165, 1.54) is 5.57 Å². The van der Waals surface area contributed by atoms with Crippen LogP contribution in [0.4, 0.5) is 0 Å². The van der Waals surface area contributed by atoms with Crippen LogP contribution in [0.3, 0.4) is 0 Å². The van der Waals surface area contributed by atoms with Crippen molar-refractivity contribution in [3.8, 4) is 5.75 Å². The van der Waals surface area contributed by atoms with Crippen LogP contribution in [0.5, 0.6) is 5.75 Å². The Hall–Kier alpha value is -1.77. The van der Waals surface area contributed by atoms with Crippen LogP contribution in [0.1, 0.15) is 29.3 Å². The first kappa shape index (κ1) is 11.7. The molecule has 0 unspecified atom stereocenters. The minimum Gasteiger partial charge on any atom is -0.507 e. The van der Waals surface area contributed by atoms with Crippen molar-refractivity contribution in [3.05, 3.63) is 41.0 Å². The highest BCUT2D eigenvalue weighted by Gasteiger charge is 2.20. The fourth-order valence-corrected chi connectivity index (χ4v) is 2.08. The van der Waals surface area contributed by atoms with Crippen LogP contribution in [0.2, 0.25) is 0 Å². The van der Waals surface area contributed by atoms with Crippen molar-refractivity contribution in [2.24, 2.45) is 0 Å². The third-order valence-electron chi connectivity index (χ3n) is 3.00. The van der Waals surface area contributed by atoms with Gasteiger partial charge in [-0.05, 0) is 32.4 Å². The number of aromatic hydroxyl groups is 1. The molecule has 2 rings (SSSR count). The van der Waals surface area contributed by atoms with Crippen LogP contribution in [-0.4, -0.2) is 29.0 Å². The lowest BCUT2D eigenvalue weighted by atomic mass is 10.1. The Balaban J connectivity index is 2.25. The van der Waals surface area contributed by atoms with Crippen LogP contribution in [-0.2, 0) is 0 Å². The summed E-state index contributed by atoms with van der Waals surface area (Å²) < 4.78 is 0. The maximum atomic E-state index is 12.3. The highest BCUT2D eigenvalue weighted by Crippen LogP contribution is 2.21. The summed E-state index contributed by atoms with van der Waals surface area (Å²) in [5, 5.41) is 9.74. The van der Waals surface area contributed by atoms with Gasteiger partial charge in [-0.2, -0.15) is 0 Å². The number of aryl methyl sites for hydroxylation is 1. The van der Waals surface area contributed by atoms with Crippen molar-refractivity contribution in [1.29, 1.82) is 0 Å². The summed E-state index contributed by atoms with van der Waals surface area (Å²) in [5.74, 6) is -0.0218. The number of amides is 1. The number of carbonyl (C=O) groups excluding carboxylic acids is 1. The van der Waals surface area contributed by atoms with Gasteiger partial charge in [-0.25, -0.2) is 0 Å². The second-order valence-corrected chi connectivity index (χ2v) is 4.59. The minimum absolute atomic E-state index is 0.0628. The van der Waals surface area contributed by atoms with Crippen LogP contribution < -0.4 is 0 Å². The molecule has 1 aliphatic heterocycles. The molecule has 0 aliphatic carbocycles. The SMILES string of the molecule is CC1=CCCN(C(=O)c2cc(C)ccc2O)C1. The third kappa shape index (κ3) is 2.49. The van der Waals surface area contributed by atoms with Gasteiger partial charge in [0.1, 0.15) is 5.75 Å². The van der Waals surface area contributed by atoms with Crippen molar-refractivity contribution < 1.29 is 9.90 Å². The van der Waals surface area contributed by atoms with Gasteiger partial charge in [0.25, 0.3) is 5.91 Å². The molecule has 90 valence electrons. The molecule has 1 aliphatic rings. The molecule has 1 aromatic carbocycles. The lowest BCUT2D eigenvalue weighted by molar-refractivity contribution is 0.0763. The van der Waals surface area contributed by atoms with Crippen molar-refractivity contribution in [3.63, 3.8) is 0 Å². The number of phenolic OH excluding ortho intramolecular Hbond substituents is 1. The van der Waals surface area contributed by atoms with Crippen LogP contribution in [0.25, 0.3) is 0 Å². The maximum absolute atomic E-state index is 12.3. The molecule has 0 saturated heterocycles. The highest BCUT2D eigenvalue weighted by atomic mass is 16.3. The van der Waals surface area contributed by atoms with E-state index in [-0.39, 0.29) is 11.7 Å². The van der Waals surface area contributed by atoms with E-state index in [9.17, 15) is 9.90 Å². The molecular formula is C14H17NO2. The van der Waals surface area contributed by atoms with Crippen molar-refractivity contribution in [1.82, 2.24) is 4.90 Å². The summed E-state index contributed by atoms with van der Waals surface area (Å²) in [5.41, 5.74) is 2.59. The fraction of sp³-hybridized carbons (Fsp3) is 0.357. The van der Waals surface area contributed by atoms with Gasteiger partial charge in [0.05, 0.1) is 5.56 Å². The van der Waals surface area contributed by atoms with Gasteiger partial charge >= 0.3 is 0 Å². The zero-order valence-corrected chi connectivity index (χ0v) is 10.2. The Kier molecular flexibility index (Phi) is 3.18. The third-order valence-corrected chi connectivity index (χ3v) is 3.00. The molecule has 1 aromatic rings. The van der Waals surface area contributed by atoms with E-state index in [2.05, 4.69) is 6.08 Å². The van der Waals surface area contributed by atoms with E-state index in [0.29, 0.717) is 12.1 Å². The Labute approximate surface area is 101 Å². The van der Waals surface area contributed by atoms with Gasteiger partial charge in [-0.15, -0.1) is 0 Å². The molecule has 0 radical (unpaired) electrons. The molecule has 3 heteroatoms. The Morgan fingerprint density at radius 3 is 2.82 bits per heavy atom. The fourth-order valence-electron chi connectivity index (χ4n) is 2.08. The predicted octanol–water partition coefficient (Wildman–Crippen LogP) is 2.49. The molecule has 1 heterocycles.